The summed E-state index contributed by atoms with van der Waals surface area (Å²) in [6, 6.07) is 7.75. The molecule has 14 heavy (non-hydrogen) atoms. The van der Waals surface area contributed by atoms with Gasteiger partial charge in [-0.2, -0.15) is 0 Å². The average Bonchev–Trinajstić information content (AvgIpc) is 2.46. The van der Waals surface area contributed by atoms with Gasteiger partial charge in [0.2, 0.25) is 0 Å². The number of hydrogen-bond acceptors (Lipinski definition) is 2. The van der Waals surface area contributed by atoms with Gasteiger partial charge < -0.3 is 4.74 Å². The maximum atomic E-state index is 5.91. The van der Waals surface area contributed by atoms with E-state index in [4.69, 9.17) is 16.3 Å². The third kappa shape index (κ3) is 2.08. The largest absolute Gasteiger partial charge is 0.352 e. The Labute approximate surface area is 89.2 Å². The minimum Gasteiger partial charge on any atom is -0.352 e. The molecule has 1 heterocycles. The third-order valence-electron chi connectivity index (χ3n) is 2.30. The van der Waals surface area contributed by atoms with Crippen molar-refractivity contribution < 1.29 is 4.74 Å². The molecule has 3 heteroatoms. The zero-order chi connectivity index (χ0) is 10.2. The van der Waals surface area contributed by atoms with E-state index >= 15 is 0 Å². The fourth-order valence-electron chi connectivity index (χ4n) is 1.60. The van der Waals surface area contributed by atoms with Gasteiger partial charge in [-0.25, -0.2) is 0 Å². The fourth-order valence-corrected chi connectivity index (χ4v) is 1.80. The molecule has 76 valence electrons. The SMILES string of the molecule is CC1(C)CNC(c2cccc(Cl)c2)O1. The molecule has 1 unspecified atom stereocenters. The van der Waals surface area contributed by atoms with Crippen LogP contribution in [0.25, 0.3) is 0 Å². The predicted octanol–water partition coefficient (Wildman–Crippen LogP) is 2.74. The molecular weight excluding hydrogens is 198 g/mol. The molecule has 1 atom stereocenters. The Bertz CT molecular complexity index is 338. The van der Waals surface area contributed by atoms with E-state index in [0.29, 0.717) is 0 Å². The Hall–Kier alpha value is -0.570. The molecule has 1 aliphatic heterocycles. The highest BCUT2D eigenvalue weighted by Gasteiger charge is 2.31. The maximum absolute atomic E-state index is 5.91. The summed E-state index contributed by atoms with van der Waals surface area (Å²) in [6.07, 6.45) is -0.0244. The van der Waals surface area contributed by atoms with Crippen LogP contribution in [-0.4, -0.2) is 12.1 Å². The third-order valence-corrected chi connectivity index (χ3v) is 2.54. The highest BCUT2D eigenvalue weighted by atomic mass is 35.5. The summed E-state index contributed by atoms with van der Waals surface area (Å²) in [7, 11) is 0. The minimum absolute atomic E-state index is 0.0244. The van der Waals surface area contributed by atoms with E-state index in [1.54, 1.807) is 0 Å². The van der Waals surface area contributed by atoms with Gasteiger partial charge in [-0.1, -0.05) is 23.7 Å². The van der Waals surface area contributed by atoms with Crippen LogP contribution < -0.4 is 5.32 Å². The van der Waals surface area contributed by atoms with E-state index in [1.165, 1.54) is 0 Å². The van der Waals surface area contributed by atoms with Crippen LogP contribution in [0.4, 0.5) is 0 Å². The molecule has 1 aromatic carbocycles. The topological polar surface area (TPSA) is 21.3 Å². The summed E-state index contributed by atoms with van der Waals surface area (Å²) >= 11 is 5.91. The Kier molecular flexibility index (Phi) is 2.52. The quantitative estimate of drug-likeness (QED) is 0.772. The second-order valence-corrected chi connectivity index (χ2v) is 4.63. The van der Waals surface area contributed by atoms with E-state index < -0.39 is 0 Å². The molecule has 0 aliphatic carbocycles. The summed E-state index contributed by atoms with van der Waals surface area (Å²) in [4.78, 5) is 0. The molecule has 1 aromatic rings. The Morgan fingerprint density at radius 3 is 2.86 bits per heavy atom. The second-order valence-electron chi connectivity index (χ2n) is 4.19. The molecule has 2 rings (SSSR count). The van der Waals surface area contributed by atoms with Crippen LogP contribution in [0.2, 0.25) is 5.02 Å². The predicted molar refractivity (Wildman–Crippen MR) is 57.4 cm³/mol. The number of benzene rings is 1. The first kappa shape index (κ1) is 9.97. The lowest BCUT2D eigenvalue weighted by Gasteiger charge is -2.17. The van der Waals surface area contributed by atoms with Gasteiger partial charge in [0, 0.05) is 11.6 Å². The number of nitrogens with one attached hydrogen (secondary N) is 1. The van der Waals surface area contributed by atoms with Crippen molar-refractivity contribution in [3.8, 4) is 0 Å². The van der Waals surface area contributed by atoms with Crippen LogP contribution >= 0.6 is 11.6 Å². The molecular formula is C11H14ClNO. The van der Waals surface area contributed by atoms with Gasteiger partial charge in [0.05, 0.1) is 5.60 Å². The highest BCUT2D eigenvalue weighted by Crippen LogP contribution is 2.28. The zero-order valence-corrected chi connectivity index (χ0v) is 9.14. The van der Waals surface area contributed by atoms with Crippen LogP contribution in [0.15, 0.2) is 24.3 Å². The van der Waals surface area contributed by atoms with Crippen molar-refractivity contribution >= 4 is 11.6 Å². The number of hydrogen-bond donors (Lipinski definition) is 1. The average molecular weight is 212 g/mol. The van der Waals surface area contributed by atoms with E-state index in [0.717, 1.165) is 17.1 Å². The van der Waals surface area contributed by atoms with Gasteiger partial charge in [0.15, 0.2) is 0 Å². The van der Waals surface area contributed by atoms with Gasteiger partial charge in [0.1, 0.15) is 6.23 Å². The molecule has 0 amide bonds. The molecule has 2 nitrogen and oxygen atoms in total. The van der Waals surface area contributed by atoms with Gasteiger partial charge in [0.25, 0.3) is 0 Å². The lowest BCUT2D eigenvalue weighted by atomic mass is 10.1. The molecule has 0 spiro atoms. The van der Waals surface area contributed by atoms with Crippen molar-refractivity contribution in [3.05, 3.63) is 34.9 Å². The van der Waals surface area contributed by atoms with Crippen LogP contribution in [0.3, 0.4) is 0 Å². The number of ether oxygens (including phenoxy) is 1. The van der Waals surface area contributed by atoms with E-state index in [9.17, 15) is 0 Å². The van der Waals surface area contributed by atoms with Crippen LogP contribution in [-0.2, 0) is 4.74 Å². The highest BCUT2D eigenvalue weighted by molar-refractivity contribution is 6.30. The number of halogens is 1. The van der Waals surface area contributed by atoms with E-state index in [2.05, 4.69) is 19.2 Å². The standard InChI is InChI=1S/C11H14ClNO/c1-11(2)7-13-10(14-11)8-4-3-5-9(12)6-8/h3-6,10,13H,7H2,1-2H3. The van der Waals surface area contributed by atoms with Crippen LogP contribution in [0, 0.1) is 0 Å². The molecule has 0 bridgehead atoms. The summed E-state index contributed by atoms with van der Waals surface area (Å²) in [5.41, 5.74) is 0.996. The molecule has 0 radical (unpaired) electrons. The van der Waals surface area contributed by atoms with Crippen molar-refractivity contribution in [1.29, 1.82) is 0 Å². The Morgan fingerprint density at radius 2 is 2.29 bits per heavy atom. The lowest BCUT2D eigenvalue weighted by Crippen LogP contribution is -2.23. The van der Waals surface area contributed by atoms with Crippen LogP contribution in [0.1, 0.15) is 25.6 Å². The van der Waals surface area contributed by atoms with Gasteiger partial charge >= 0.3 is 0 Å². The van der Waals surface area contributed by atoms with Crippen molar-refractivity contribution in [2.24, 2.45) is 0 Å². The van der Waals surface area contributed by atoms with Gasteiger partial charge in [-0.3, -0.25) is 5.32 Å². The normalized spacial score (nSPS) is 25.2. The summed E-state index contributed by atoms with van der Waals surface area (Å²) in [6.45, 7) is 5.01. The van der Waals surface area contributed by atoms with Crippen molar-refractivity contribution in [3.63, 3.8) is 0 Å². The van der Waals surface area contributed by atoms with Gasteiger partial charge in [-0.15, -0.1) is 0 Å². The first-order chi connectivity index (χ1) is 6.57. The lowest BCUT2D eigenvalue weighted by molar-refractivity contribution is -0.0155. The van der Waals surface area contributed by atoms with Crippen molar-refractivity contribution in [2.45, 2.75) is 25.7 Å². The van der Waals surface area contributed by atoms with Crippen molar-refractivity contribution in [1.82, 2.24) is 5.32 Å². The maximum Gasteiger partial charge on any atom is 0.135 e. The van der Waals surface area contributed by atoms with E-state index in [1.807, 2.05) is 24.3 Å². The van der Waals surface area contributed by atoms with Gasteiger partial charge in [-0.05, 0) is 31.5 Å². The molecule has 0 aromatic heterocycles. The van der Waals surface area contributed by atoms with Crippen molar-refractivity contribution in [2.75, 3.05) is 6.54 Å². The fraction of sp³-hybridized carbons (Fsp3) is 0.455. The molecule has 1 aliphatic rings. The monoisotopic (exact) mass is 211 g/mol. The Balaban J connectivity index is 2.17. The summed E-state index contributed by atoms with van der Waals surface area (Å²) in [5.74, 6) is 0. The minimum atomic E-state index is -0.0903. The van der Waals surface area contributed by atoms with E-state index in [-0.39, 0.29) is 11.8 Å². The molecule has 1 fully saturated rings. The smallest absolute Gasteiger partial charge is 0.135 e. The summed E-state index contributed by atoms with van der Waals surface area (Å²) in [5, 5.41) is 4.06. The molecule has 1 saturated heterocycles. The summed E-state index contributed by atoms with van der Waals surface area (Å²) < 4.78 is 5.82. The molecule has 1 N–H and O–H groups in total. The first-order valence-corrected chi connectivity index (χ1v) is 5.11. The molecule has 0 saturated carbocycles. The number of rotatable bonds is 1. The van der Waals surface area contributed by atoms with Crippen LogP contribution in [0.5, 0.6) is 0 Å². The zero-order valence-electron chi connectivity index (χ0n) is 8.38. The first-order valence-electron chi connectivity index (χ1n) is 4.73. The second kappa shape index (κ2) is 3.54. The Morgan fingerprint density at radius 1 is 1.50 bits per heavy atom.